The molecule has 0 aliphatic rings. The number of nitrogens with zero attached hydrogens (tertiary/aromatic N) is 3. The van der Waals surface area contributed by atoms with E-state index in [1.807, 2.05) is 71.6 Å². The van der Waals surface area contributed by atoms with Crippen LogP contribution in [0.5, 0.6) is 0 Å². The Morgan fingerprint density at radius 3 is 2.12 bits per heavy atom. The Kier molecular flexibility index (Phi) is 7.55. The second-order valence-electron chi connectivity index (χ2n) is 8.52. The lowest BCUT2D eigenvalue weighted by atomic mass is 10.1. The van der Waals surface area contributed by atoms with Crippen LogP contribution in [-0.2, 0) is 6.54 Å². The van der Waals surface area contributed by atoms with Crippen molar-refractivity contribution < 1.29 is 4.79 Å². The van der Waals surface area contributed by atoms with Crippen LogP contribution in [0.4, 0.5) is 0 Å². The summed E-state index contributed by atoms with van der Waals surface area (Å²) in [6.07, 6.45) is 2.85. The molecule has 0 fully saturated rings. The maximum atomic E-state index is 13.7. The molecule has 34 heavy (non-hydrogen) atoms. The third-order valence-electron chi connectivity index (χ3n) is 6.26. The fraction of sp³-hybridized carbons (Fsp3) is 0.241. The van der Waals surface area contributed by atoms with E-state index in [4.69, 9.17) is 10.7 Å². The van der Waals surface area contributed by atoms with Crippen LogP contribution >= 0.6 is 0 Å². The predicted molar refractivity (Wildman–Crippen MR) is 137 cm³/mol. The fourth-order valence-corrected chi connectivity index (χ4v) is 4.41. The van der Waals surface area contributed by atoms with Crippen molar-refractivity contribution in [2.24, 2.45) is 5.73 Å². The summed E-state index contributed by atoms with van der Waals surface area (Å²) in [5.41, 5.74) is 9.94. The lowest BCUT2D eigenvalue weighted by molar-refractivity contribution is 0.0575. The van der Waals surface area contributed by atoms with Gasteiger partial charge in [0.2, 0.25) is 0 Å². The Labute approximate surface area is 201 Å². The van der Waals surface area contributed by atoms with E-state index in [2.05, 4.69) is 48.9 Å². The van der Waals surface area contributed by atoms with Crippen molar-refractivity contribution in [3.05, 3.63) is 114 Å². The molecule has 2 unspecified atom stereocenters. The molecule has 0 aliphatic carbocycles. The molecule has 1 heterocycles. The van der Waals surface area contributed by atoms with E-state index in [0.29, 0.717) is 18.7 Å². The topological polar surface area (TPSA) is 64.2 Å². The number of carbonyl (C=O) groups excluding carboxylic acids is 1. The molecule has 0 radical (unpaired) electrons. The Balaban J connectivity index is 1.78. The molecule has 2 atom stereocenters. The van der Waals surface area contributed by atoms with Gasteiger partial charge >= 0.3 is 0 Å². The highest BCUT2D eigenvalue weighted by Crippen LogP contribution is 2.29. The van der Waals surface area contributed by atoms with Gasteiger partial charge in [0.25, 0.3) is 5.91 Å². The monoisotopic (exact) mass is 452 g/mol. The SMILES string of the molecule is CCC(CN)N(C(=O)c1ccccc1)C(C)c1nc(-c2ccccc2)cn1Cc1ccccc1. The van der Waals surface area contributed by atoms with Crippen molar-refractivity contribution in [2.45, 2.75) is 38.9 Å². The molecular formula is C29H32N4O. The number of carbonyl (C=O) groups is 1. The van der Waals surface area contributed by atoms with Gasteiger partial charge in [-0.15, -0.1) is 0 Å². The third kappa shape index (κ3) is 5.10. The van der Waals surface area contributed by atoms with E-state index in [0.717, 1.165) is 23.5 Å². The minimum Gasteiger partial charge on any atom is -0.328 e. The lowest BCUT2D eigenvalue weighted by Gasteiger charge is -2.35. The summed E-state index contributed by atoms with van der Waals surface area (Å²) < 4.78 is 2.16. The van der Waals surface area contributed by atoms with E-state index in [1.165, 1.54) is 5.56 Å². The van der Waals surface area contributed by atoms with Gasteiger partial charge in [0.1, 0.15) is 5.82 Å². The molecular weight excluding hydrogens is 420 g/mol. The average molecular weight is 453 g/mol. The first-order valence-corrected chi connectivity index (χ1v) is 11.9. The molecule has 4 rings (SSSR count). The van der Waals surface area contributed by atoms with Crippen LogP contribution < -0.4 is 5.73 Å². The molecule has 0 bridgehead atoms. The number of benzene rings is 3. The standard InChI is InChI=1S/C29H32N4O/c1-3-26(19-30)33(29(34)25-17-11-6-12-18-25)22(2)28-31-27(24-15-9-5-10-16-24)21-32(28)20-23-13-7-4-8-14-23/h4-18,21-22,26H,3,19-20,30H2,1-2H3. The highest BCUT2D eigenvalue weighted by molar-refractivity contribution is 5.94. The second-order valence-corrected chi connectivity index (χ2v) is 8.52. The Morgan fingerprint density at radius 2 is 1.53 bits per heavy atom. The first kappa shape index (κ1) is 23.5. The summed E-state index contributed by atoms with van der Waals surface area (Å²) in [5.74, 6) is 0.819. The van der Waals surface area contributed by atoms with E-state index in [9.17, 15) is 4.79 Å². The van der Waals surface area contributed by atoms with Crippen LogP contribution in [0.2, 0.25) is 0 Å². The first-order valence-electron chi connectivity index (χ1n) is 11.9. The fourth-order valence-electron chi connectivity index (χ4n) is 4.41. The zero-order valence-corrected chi connectivity index (χ0v) is 19.8. The zero-order valence-electron chi connectivity index (χ0n) is 19.8. The van der Waals surface area contributed by atoms with E-state index < -0.39 is 0 Å². The Bertz CT molecular complexity index is 1180. The molecule has 174 valence electrons. The van der Waals surface area contributed by atoms with Gasteiger partial charge in [-0.25, -0.2) is 4.98 Å². The quantitative estimate of drug-likeness (QED) is 0.363. The van der Waals surface area contributed by atoms with Crippen molar-refractivity contribution >= 4 is 5.91 Å². The summed E-state index contributed by atoms with van der Waals surface area (Å²) in [6.45, 7) is 5.19. The predicted octanol–water partition coefficient (Wildman–Crippen LogP) is 5.54. The normalized spacial score (nSPS) is 12.8. The van der Waals surface area contributed by atoms with Crippen molar-refractivity contribution in [1.82, 2.24) is 14.5 Å². The smallest absolute Gasteiger partial charge is 0.254 e. The number of hydrogen-bond donors (Lipinski definition) is 1. The van der Waals surface area contributed by atoms with E-state index in [1.54, 1.807) is 0 Å². The number of hydrogen-bond acceptors (Lipinski definition) is 3. The number of rotatable bonds is 9. The van der Waals surface area contributed by atoms with E-state index in [-0.39, 0.29) is 18.0 Å². The number of imidazole rings is 1. The van der Waals surface area contributed by atoms with Crippen LogP contribution in [-0.4, -0.2) is 32.9 Å². The van der Waals surface area contributed by atoms with Crippen LogP contribution in [0.25, 0.3) is 11.3 Å². The molecule has 0 spiro atoms. The van der Waals surface area contributed by atoms with Crippen molar-refractivity contribution in [3.8, 4) is 11.3 Å². The van der Waals surface area contributed by atoms with Gasteiger partial charge < -0.3 is 15.2 Å². The van der Waals surface area contributed by atoms with Crippen LogP contribution in [0.15, 0.2) is 97.2 Å². The second kappa shape index (κ2) is 10.9. The van der Waals surface area contributed by atoms with Crippen LogP contribution in [0.3, 0.4) is 0 Å². The molecule has 3 aromatic carbocycles. The largest absolute Gasteiger partial charge is 0.328 e. The Morgan fingerprint density at radius 1 is 0.941 bits per heavy atom. The molecule has 0 aliphatic heterocycles. The Hall–Kier alpha value is -3.70. The van der Waals surface area contributed by atoms with Crippen molar-refractivity contribution in [3.63, 3.8) is 0 Å². The number of nitrogens with two attached hydrogens (primary N) is 1. The maximum absolute atomic E-state index is 13.7. The number of amides is 1. The highest BCUT2D eigenvalue weighted by atomic mass is 16.2. The molecule has 1 aromatic heterocycles. The highest BCUT2D eigenvalue weighted by Gasteiger charge is 2.31. The van der Waals surface area contributed by atoms with Gasteiger partial charge in [-0.1, -0.05) is 85.8 Å². The van der Waals surface area contributed by atoms with Gasteiger partial charge in [-0.3, -0.25) is 4.79 Å². The van der Waals surface area contributed by atoms with Crippen LogP contribution in [0.1, 0.15) is 48.1 Å². The molecule has 5 nitrogen and oxygen atoms in total. The summed E-state index contributed by atoms with van der Waals surface area (Å²) in [7, 11) is 0. The maximum Gasteiger partial charge on any atom is 0.254 e. The zero-order chi connectivity index (χ0) is 23.9. The molecule has 0 saturated heterocycles. The third-order valence-corrected chi connectivity index (χ3v) is 6.26. The molecule has 1 amide bonds. The van der Waals surface area contributed by atoms with Gasteiger partial charge in [0.05, 0.1) is 11.7 Å². The molecule has 2 N–H and O–H groups in total. The van der Waals surface area contributed by atoms with E-state index >= 15 is 0 Å². The molecule has 5 heteroatoms. The minimum atomic E-state index is -0.262. The van der Waals surface area contributed by atoms with Crippen molar-refractivity contribution in [1.29, 1.82) is 0 Å². The molecule has 0 saturated carbocycles. The van der Waals surface area contributed by atoms with Gasteiger partial charge in [-0.05, 0) is 31.0 Å². The lowest BCUT2D eigenvalue weighted by Crippen LogP contribution is -2.46. The van der Waals surface area contributed by atoms with Gasteiger partial charge in [-0.2, -0.15) is 0 Å². The van der Waals surface area contributed by atoms with Crippen molar-refractivity contribution in [2.75, 3.05) is 6.54 Å². The summed E-state index contributed by atoms with van der Waals surface area (Å²) >= 11 is 0. The first-order chi connectivity index (χ1) is 16.6. The average Bonchev–Trinajstić information content (AvgIpc) is 3.32. The summed E-state index contributed by atoms with van der Waals surface area (Å²) in [6, 6.07) is 29.5. The summed E-state index contributed by atoms with van der Waals surface area (Å²) in [4.78, 5) is 20.7. The minimum absolute atomic E-state index is 0.0269. The van der Waals surface area contributed by atoms with Gasteiger partial charge in [0.15, 0.2) is 0 Å². The summed E-state index contributed by atoms with van der Waals surface area (Å²) in [5, 5.41) is 0. The molecule has 4 aromatic rings. The van der Waals surface area contributed by atoms with Gasteiger partial charge in [0, 0.05) is 36.5 Å². The van der Waals surface area contributed by atoms with Crippen LogP contribution in [0, 0.1) is 0 Å². The number of aromatic nitrogens is 2.